The van der Waals surface area contributed by atoms with Gasteiger partial charge in [-0.3, -0.25) is 0 Å². The molecule has 0 aliphatic rings. The van der Waals surface area contributed by atoms with Gasteiger partial charge < -0.3 is 10.5 Å². The topological polar surface area (TPSA) is 48.1 Å². The van der Waals surface area contributed by atoms with Crippen LogP contribution in [0.2, 0.25) is 0 Å². The normalized spacial score (nSPS) is 12.2. The van der Waals surface area contributed by atoms with Gasteiger partial charge in [0.1, 0.15) is 5.75 Å². The van der Waals surface area contributed by atoms with Gasteiger partial charge in [0.15, 0.2) is 0 Å². The second-order valence-corrected chi connectivity index (χ2v) is 5.14. The van der Waals surface area contributed by atoms with E-state index in [1.165, 1.54) is 0 Å². The van der Waals surface area contributed by atoms with Crippen LogP contribution in [0.3, 0.4) is 0 Å². The Hall–Kier alpha value is -1.39. The quantitative estimate of drug-likeness (QED) is 0.933. The molecule has 2 rings (SSSR count). The molecule has 4 heteroatoms. The number of halogens is 1. The van der Waals surface area contributed by atoms with Crippen molar-refractivity contribution in [3.05, 3.63) is 52.1 Å². The number of aryl methyl sites for hydroxylation is 1. The van der Waals surface area contributed by atoms with Crippen molar-refractivity contribution in [3.63, 3.8) is 0 Å². The van der Waals surface area contributed by atoms with Crippen LogP contribution in [0.4, 0.5) is 0 Å². The molecule has 1 aromatic heterocycles. The molecule has 0 saturated carbocycles. The van der Waals surface area contributed by atoms with Crippen LogP contribution in [0, 0.1) is 6.92 Å². The van der Waals surface area contributed by atoms with Crippen molar-refractivity contribution < 1.29 is 4.74 Å². The lowest BCUT2D eigenvalue weighted by Crippen LogP contribution is -2.05. The van der Waals surface area contributed by atoms with Gasteiger partial charge in [-0.1, -0.05) is 22.0 Å². The minimum Gasteiger partial charge on any atom is -0.439 e. The molecule has 18 heavy (non-hydrogen) atoms. The summed E-state index contributed by atoms with van der Waals surface area (Å²) in [7, 11) is 0. The largest absolute Gasteiger partial charge is 0.439 e. The average molecular weight is 307 g/mol. The first-order valence-corrected chi connectivity index (χ1v) is 6.51. The molecule has 1 atom stereocenters. The molecular weight excluding hydrogens is 292 g/mol. The Balaban J connectivity index is 2.28. The van der Waals surface area contributed by atoms with Gasteiger partial charge in [-0.05, 0) is 43.2 Å². The molecule has 2 N–H and O–H groups in total. The van der Waals surface area contributed by atoms with Crippen molar-refractivity contribution in [2.24, 2.45) is 5.73 Å². The minimum absolute atomic E-state index is 0.0287. The Morgan fingerprint density at radius 1 is 1.28 bits per heavy atom. The van der Waals surface area contributed by atoms with Gasteiger partial charge >= 0.3 is 0 Å². The number of pyridine rings is 1. The summed E-state index contributed by atoms with van der Waals surface area (Å²) in [6.45, 7) is 3.93. The number of nitrogens with two attached hydrogens (primary N) is 1. The number of benzene rings is 1. The molecule has 0 aliphatic heterocycles. The van der Waals surface area contributed by atoms with Gasteiger partial charge in [-0.15, -0.1) is 0 Å². The molecule has 0 saturated heterocycles. The maximum absolute atomic E-state index is 5.84. The summed E-state index contributed by atoms with van der Waals surface area (Å²) in [5, 5.41) is 0. The SMILES string of the molecule is Cc1ccc(Br)cc1Oc1cc(C(C)N)ccn1. The highest BCUT2D eigenvalue weighted by atomic mass is 79.9. The van der Waals surface area contributed by atoms with Crippen LogP contribution in [0.15, 0.2) is 41.0 Å². The highest BCUT2D eigenvalue weighted by Crippen LogP contribution is 2.27. The zero-order chi connectivity index (χ0) is 13.1. The summed E-state index contributed by atoms with van der Waals surface area (Å²) in [6, 6.07) is 9.63. The van der Waals surface area contributed by atoms with E-state index < -0.39 is 0 Å². The molecule has 1 heterocycles. The van der Waals surface area contributed by atoms with E-state index in [0.717, 1.165) is 21.3 Å². The Bertz CT molecular complexity index is 555. The van der Waals surface area contributed by atoms with Gasteiger partial charge in [0.25, 0.3) is 0 Å². The first-order valence-electron chi connectivity index (χ1n) is 5.72. The van der Waals surface area contributed by atoms with Gasteiger partial charge in [0.2, 0.25) is 5.88 Å². The van der Waals surface area contributed by atoms with Crippen LogP contribution in [0.1, 0.15) is 24.1 Å². The molecule has 0 aliphatic carbocycles. The fourth-order valence-corrected chi connectivity index (χ4v) is 1.90. The molecular formula is C14H15BrN2O. The molecule has 94 valence electrons. The van der Waals surface area contributed by atoms with Crippen molar-refractivity contribution in [2.45, 2.75) is 19.9 Å². The third kappa shape index (κ3) is 3.09. The molecule has 3 nitrogen and oxygen atoms in total. The van der Waals surface area contributed by atoms with Crippen molar-refractivity contribution in [2.75, 3.05) is 0 Å². The Morgan fingerprint density at radius 2 is 2.06 bits per heavy atom. The third-order valence-corrected chi connectivity index (χ3v) is 3.14. The Labute approximate surface area is 115 Å². The number of nitrogens with zero attached hydrogens (tertiary/aromatic N) is 1. The lowest BCUT2D eigenvalue weighted by atomic mass is 10.1. The van der Waals surface area contributed by atoms with E-state index in [4.69, 9.17) is 10.5 Å². The highest BCUT2D eigenvalue weighted by Gasteiger charge is 2.06. The zero-order valence-electron chi connectivity index (χ0n) is 10.4. The van der Waals surface area contributed by atoms with Crippen LogP contribution in [-0.2, 0) is 0 Å². The summed E-state index contributed by atoms with van der Waals surface area (Å²) in [6.07, 6.45) is 1.71. The lowest BCUT2D eigenvalue weighted by Gasteiger charge is -2.10. The van der Waals surface area contributed by atoms with Gasteiger partial charge in [0, 0.05) is 22.8 Å². The zero-order valence-corrected chi connectivity index (χ0v) is 11.9. The van der Waals surface area contributed by atoms with E-state index in [0.29, 0.717) is 5.88 Å². The minimum atomic E-state index is -0.0287. The maximum atomic E-state index is 5.84. The van der Waals surface area contributed by atoms with Gasteiger partial charge in [-0.2, -0.15) is 0 Å². The molecule has 1 unspecified atom stereocenters. The van der Waals surface area contributed by atoms with Crippen LogP contribution in [0.25, 0.3) is 0 Å². The summed E-state index contributed by atoms with van der Waals surface area (Å²) in [5.41, 5.74) is 7.91. The molecule has 0 spiro atoms. The van der Waals surface area contributed by atoms with E-state index in [-0.39, 0.29) is 6.04 Å². The van der Waals surface area contributed by atoms with E-state index in [2.05, 4.69) is 20.9 Å². The van der Waals surface area contributed by atoms with Crippen molar-refractivity contribution >= 4 is 15.9 Å². The second kappa shape index (κ2) is 5.50. The smallest absolute Gasteiger partial charge is 0.219 e. The molecule has 0 amide bonds. The standard InChI is InChI=1S/C14H15BrN2O/c1-9-3-4-12(15)8-13(9)18-14-7-11(10(2)16)5-6-17-14/h3-8,10H,16H2,1-2H3. The number of aromatic nitrogens is 1. The summed E-state index contributed by atoms with van der Waals surface area (Å²) < 4.78 is 6.76. The third-order valence-electron chi connectivity index (χ3n) is 2.65. The first kappa shape index (κ1) is 13.1. The number of rotatable bonds is 3. The van der Waals surface area contributed by atoms with Crippen molar-refractivity contribution in [1.29, 1.82) is 0 Å². The lowest BCUT2D eigenvalue weighted by molar-refractivity contribution is 0.458. The molecule has 1 aromatic carbocycles. The Kier molecular flexibility index (Phi) is 3.99. The first-order chi connectivity index (χ1) is 8.56. The van der Waals surface area contributed by atoms with Crippen LogP contribution in [-0.4, -0.2) is 4.98 Å². The van der Waals surface area contributed by atoms with Crippen LogP contribution >= 0.6 is 15.9 Å². The number of ether oxygens (including phenoxy) is 1. The average Bonchev–Trinajstić information content (AvgIpc) is 2.34. The highest BCUT2D eigenvalue weighted by molar-refractivity contribution is 9.10. The van der Waals surface area contributed by atoms with Gasteiger partial charge in [0.05, 0.1) is 0 Å². The van der Waals surface area contributed by atoms with Crippen LogP contribution < -0.4 is 10.5 Å². The predicted octanol–water partition coefficient (Wildman–Crippen LogP) is 3.96. The molecule has 0 fully saturated rings. The summed E-state index contributed by atoms with van der Waals surface area (Å²) >= 11 is 3.43. The van der Waals surface area contributed by atoms with Crippen LogP contribution in [0.5, 0.6) is 11.6 Å². The van der Waals surface area contributed by atoms with E-state index in [1.807, 2.05) is 44.2 Å². The van der Waals surface area contributed by atoms with Gasteiger partial charge in [-0.25, -0.2) is 4.98 Å². The van der Waals surface area contributed by atoms with Crippen molar-refractivity contribution in [1.82, 2.24) is 4.98 Å². The van der Waals surface area contributed by atoms with E-state index in [9.17, 15) is 0 Å². The number of hydrogen-bond donors (Lipinski definition) is 1. The van der Waals surface area contributed by atoms with E-state index >= 15 is 0 Å². The summed E-state index contributed by atoms with van der Waals surface area (Å²) in [4.78, 5) is 4.19. The second-order valence-electron chi connectivity index (χ2n) is 4.23. The molecule has 2 aromatic rings. The van der Waals surface area contributed by atoms with Crippen molar-refractivity contribution in [3.8, 4) is 11.6 Å². The predicted molar refractivity (Wildman–Crippen MR) is 75.8 cm³/mol. The number of hydrogen-bond acceptors (Lipinski definition) is 3. The maximum Gasteiger partial charge on any atom is 0.219 e. The Morgan fingerprint density at radius 3 is 2.78 bits per heavy atom. The summed E-state index contributed by atoms with van der Waals surface area (Å²) in [5.74, 6) is 1.35. The molecule has 0 radical (unpaired) electrons. The fraction of sp³-hybridized carbons (Fsp3) is 0.214. The fourth-order valence-electron chi connectivity index (χ4n) is 1.56. The van der Waals surface area contributed by atoms with E-state index in [1.54, 1.807) is 6.20 Å². The monoisotopic (exact) mass is 306 g/mol. The molecule has 0 bridgehead atoms.